The lowest BCUT2D eigenvalue weighted by Crippen LogP contribution is -2.04. The molecule has 1 heterocycles. The number of aromatic carboxylic acids is 1. The van der Waals surface area contributed by atoms with Crippen molar-refractivity contribution in [2.45, 2.75) is 20.4 Å². The maximum absolute atomic E-state index is 10.9. The lowest BCUT2D eigenvalue weighted by Gasteiger charge is -2.07. The van der Waals surface area contributed by atoms with Crippen LogP contribution < -0.4 is 5.32 Å². The average Bonchev–Trinajstić information content (AvgIpc) is 2.73. The van der Waals surface area contributed by atoms with E-state index in [-0.39, 0.29) is 5.56 Å². The summed E-state index contributed by atoms with van der Waals surface area (Å²) in [5.74, 6) is -0.539. The van der Waals surface area contributed by atoms with Gasteiger partial charge in [-0.15, -0.1) is 0 Å². The Labute approximate surface area is 105 Å². The second kappa shape index (κ2) is 4.96. The van der Waals surface area contributed by atoms with Crippen molar-refractivity contribution in [2.24, 2.45) is 0 Å². The third-order valence-corrected chi connectivity index (χ3v) is 2.65. The fourth-order valence-electron chi connectivity index (χ4n) is 1.93. The van der Waals surface area contributed by atoms with Gasteiger partial charge in [-0.2, -0.15) is 0 Å². The highest BCUT2D eigenvalue weighted by atomic mass is 16.4. The molecule has 18 heavy (non-hydrogen) atoms. The van der Waals surface area contributed by atoms with Crippen molar-refractivity contribution in [2.75, 3.05) is 5.32 Å². The number of furan rings is 1. The van der Waals surface area contributed by atoms with Gasteiger partial charge >= 0.3 is 5.97 Å². The molecule has 2 N–H and O–H groups in total. The van der Waals surface area contributed by atoms with Crippen LogP contribution in [0.4, 0.5) is 5.69 Å². The van der Waals surface area contributed by atoms with Crippen LogP contribution in [0.15, 0.2) is 34.9 Å². The van der Waals surface area contributed by atoms with Crippen molar-refractivity contribution in [1.82, 2.24) is 0 Å². The minimum atomic E-state index is -0.971. The lowest BCUT2D eigenvalue weighted by molar-refractivity contribution is 0.0694. The molecule has 2 aromatic rings. The van der Waals surface area contributed by atoms with Crippen LogP contribution in [0.2, 0.25) is 0 Å². The number of aryl methyl sites for hydroxylation is 2. The quantitative estimate of drug-likeness (QED) is 0.868. The van der Waals surface area contributed by atoms with E-state index in [2.05, 4.69) is 11.4 Å². The Morgan fingerprint density at radius 2 is 1.94 bits per heavy atom. The summed E-state index contributed by atoms with van der Waals surface area (Å²) in [7, 11) is 0. The Kier molecular flexibility index (Phi) is 3.37. The molecule has 1 aromatic carbocycles. The molecule has 0 saturated heterocycles. The van der Waals surface area contributed by atoms with E-state index in [1.54, 1.807) is 0 Å². The maximum atomic E-state index is 10.9. The van der Waals surface area contributed by atoms with Crippen LogP contribution in [-0.4, -0.2) is 11.1 Å². The highest BCUT2D eigenvalue weighted by Gasteiger charge is 2.12. The first-order chi connectivity index (χ1) is 8.56. The summed E-state index contributed by atoms with van der Waals surface area (Å²) >= 11 is 0. The number of carbonyl (C=O) groups is 1. The number of hydrogen-bond acceptors (Lipinski definition) is 3. The van der Waals surface area contributed by atoms with E-state index in [1.165, 1.54) is 12.3 Å². The highest BCUT2D eigenvalue weighted by Crippen LogP contribution is 2.17. The molecule has 0 saturated carbocycles. The van der Waals surface area contributed by atoms with E-state index in [0.717, 1.165) is 16.8 Å². The Bertz CT molecular complexity index is 552. The van der Waals surface area contributed by atoms with Gasteiger partial charge in [0.1, 0.15) is 11.3 Å². The number of hydrogen-bond donors (Lipinski definition) is 2. The molecule has 0 aliphatic heterocycles. The lowest BCUT2D eigenvalue weighted by atomic mass is 10.1. The number of nitrogens with one attached hydrogen (secondary N) is 1. The zero-order chi connectivity index (χ0) is 13.1. The summed E-state index contributed by atoms with van der Waals surface area (Å²) in [6, 6.07) is 7.56. The first kappa shape index (κ1) is 12.2. The number of anilines is 1. The molecule has 4 heteroatoms. The molecule has 0 amide bonds. The van der Waals surface area contributed by atoms with Crippen LogP contribution in [0.25, 0.3) is 0 Å². The number of carboxylic acids is 1. The van der Waals surface area contributed by atoms with Crippen molar-refractivity contribution in [3.63, 3.8) is 0 Å². The minimum Gasteiger partial charge on any atom is -0.478 e. The van der Waals surface area contributed by atoms with Gasteiger partial charge in [0.2, 0.25) is 0 Å². The number of rotatable bonds is 4. The van der Waals surface area contributed by atoms with Crippen molar-refractivity contribution in [3.05, 3.63) is 53.0 Å². The average molecular weight is 245 g/mol. The van der Waals surface area contributed by atoms with E-state index < -0.39 is 5.97 Å². The zero-order valence-corrected chi connectivity index (χ0v) is 10.4. The van der Waals surface area contributed by atoms with Gasteiger partial charge in [0, 0.05) is 5.69 Å². The smallest absolute Gasteiger partial charge is 0.339 e. The number of benzene rings is 1. The van der Waals surface area contributed by atoms with Crippen molar-refractivity contribution in [1.29, 1.82) is 0 Å². The Balaban J connectivity index is 2.11. The van der Waals surface area contributed by atoms with Gasteiger partial charge in [0.25, 0.3) is 0 Å². The van der Waals surface area contributed by atoms with E-state index in [0.29, 0.717) is 12.3 Å². The largest absolute Gasteiger partial charge is 0.478 e. The third kappa shape index (κ3) is 2.71. The van der Waals surface area contributed by atoms with Crippen LogP contribution in [0, 0.1) is 13.8 Å². The predicted octanol–water partition coefficient (Wildman–Crippen LogP) is 3.21. The molecule has 2 rings (SSSR count). The summed E-state index contributed by atoms with van der Waals surface area (Å²) in [5.41, 5.74) is 3.48. The molecular weight excluding hydrogens is 230 g/mol. The topological polar surface area (TPSA) is 62.5 Å². The Morgan fingerprint density at radius 3 is 2.56 bits per heavy atom. The first-order valence-electron chi connectivity index (χ1n) is 5.68. The van der Waals surface area contributed by atoms with Gasteiger partial charge in [0.05, 0.1) is 12.8 Å². The Hall–Kier alpha value is -2.23. The van der Waals surface area contributed by atoms with Crippen LogP contribution in [0.5, 0.6) is 0 Å². The molecule has 94 valence electrons. The van der Waals surface area contributed by atoms with Gasteiger partial charge in [-0.05, 0) is 43.2 Å². The van der Waals surface area contributed by atoms with E-state index in [4.69, 9.17) is 9.52 Å². The van der Waals surface area contributed by atoms with Crippen molar-refractivity contribution >= 4 is 11.7 Å². The van der Waals surface area contributed by atoms with E-state index >= 15 is 0 Å². The fourth-order valence-corrected chi connectivity index (χ4v) is 1.93. The van der Waals surface area contributed by atoms with Gasteiger partial charge < -0.3 is 14.8 Å². The molecule has 0 aliphatic rings. The standard InChI is InChI=1S/C14H15NO3/c1-9-5-10(2)7-11(6-9)15-8-13-12(14(16)17)3-4-18-13/h3-7,15H,8H2,1-2H3,(H,16,17). The molecule has 0 atom stereocenters. The van der Waals surface area contributed by atoms with Crippen molar-refractivity contribution in [3.8, 4) is 0 Å². The molecule has 0 unspecified atom stereocenters. The van der Waals surface area contributed by atoms with Crippen LogP contribution in [0.1, 0.15) is 27.2 Å². The highest BCUT2D eigenvalue weighted by molar-refractivity contribution is 5.88. The summed E-state index contributed by atoms with van der Waals surface area (Å²) < 4.78 is 5.16. The van der Waals surface area contributed by atoms with Crippen LogP contribution in [-0.2, 0) is 6.54 Å². The van der Waals surface area contributed by atoms with Gasteiger partial charge in [0.15, 0.2) is 0 Å². The van der Waals surface area contributed by atoms with Gasteiger partial charge in [-0.25, -0.2) is 4.79 Å². The van der Waals surface area contributed by atoms with Crippen molar-refractivity contribution < 1.29 is 14.3 Å². The normalized spacial score (nSPS) is 10.3. The Morgan fingerprint density at radius 1 is 1.28 bits per heavy atom. The molecule has 0 fully saturated rings. The zero-order valence-electron chi connectivity index (χ0n) is 10.4. The number of carboxylic acid groups (broad SMARTS) is 1. The molecule has 0 spiro atoms. The molecule has 0 aliphatic carbocycles. The van der Waals surface area contributed by atoms with Crippen LogP contribution in [0.3, 0.4) is 0 Å². The maximum Gasteiger partial charge on any atom is 0.339 e. The minimum absolute atomic E-state index is 0.201. The summed E-state index contributed by atoms with van der Waals surface area (Å²) in [4.78, 5) is 10.9. The summed E-state index contributed by atoms with van der Waals surface area (Å²) in [6.45, 7) is 4.40. The molecular formula is C14H15NO3. The predicted molar refractivity (Wildman–Crippen MR) is 68.9 cm³/mol. The first-order valence-corrected chi connectivity index (χ1v) is 5.68. The van der Waals surface area contributed by atoms with Gasteiger partial charge in [-0.1, -0.05) is 6.07 Å². The second-order valence-corrected chi connectivity index (χ2v) is 4.29. The fraction of sp³-hybridized carbons (Fsp3) is 0.214. The third-order valence-electron chi connectivity index (χ3n) is 2.65. The van der Waals surface area contributed by atoms with Crippen LogP contribution >= 0.6 is 0 Å². The summed E-state index contributed by atoms with van der Waals surface area (Å²) in [5, 5.41) is 12.1. The second-order valence-electron chi connectivity index (χ2n) is 4.29. The molecule has 0 radical (unpaired) electrons. The van der Waals surface area contributed by atoms with Gasteiger partial charge in [-0.3, -0.25) is 0 Å². The summed E-state index contributed by atoms with van der Waals surface area (Å²) in [6.07, 6.45) is 1.39. The molecule has 1 aromatic heterocycles. The van der Waals surface area contributed by atoms with E-state index in [9.17, 15) is 4.79 Å². The van der Waals surface area contributed by atoms with E-state index in [1.807, 2.05) is 26.0 Å². The SMILES string of the molecule is Cc1cc(C)cc(NCc2occc2C(=O)O)c1. The molecule has 0 bridgehead atoms. The molecule has 4 nitrogen and oxygen atoms in total. The monoisotopic (exact) mass is 245 g/mol.